The Morgan fingerprint density at radius 3 is 1.50 bits per heavy atom. The summed E-state index contributed by atoms with van der Waals surface area (Å²) in [7, 11) is 1.89. The molecular formula is C49H41F3N2. The topological polar surface area (TPSA) is 6.48 Å². The number of anilines is 5. The summed E-state index contributed by atoms with van der Waals surface area (Å²) >= 11 is 0. The molecule has 0 aromatic heterocycles. The van der Waals surface area contributed by atoms with Crippen LogP contribution in [0.1, 0.15) is 58.7 Å². The molecule has 0 amide bonds. The molecule has 2 nitrogen and oxygen atoms in total. The van der Waals surface area contributed by atoms with E-state index in [1.807, 2.05) is 24.1 Å². The highest BCUT2D eigenvalue weighted by molar-refractivity contribution is 5.87. The highest BCUT2D eigenvalue weighted by Crippen LogP contribution is 2.52. The molecule has 1 atom stereocenters. The van der Waals surface area contributed by atoms with Gasteiger partial charge in [0.15, 0.2) is 0 Å². The van der Waals surface area contributed by atoms with Gasteiger partial charge in [-0.3, -0.25) is 0 Å². The van der Waals surface area contributed by atoms with E-state index in [4.69, 9.17) is 0 Å². The van der Waals surface area contributed by atoms with Gasteiger partial charge in [-0.25, -0.2) is 0 Å². The molecule has 0 radical (unpaired) electrons. The standard InChI is InChI=1S/C49H41F3N2/c1-33-15-17-35(18-16-33)47(34-11-7-5-8-12-34)36-19-23-40(24-20-36)54(39-13-9-6-10-14-39)42-28-30-44-43-29-27-41(31-45(43)48(2,3)46(44)32-42)53(4)38-25-21-37(22-26-38)49(50,51)52/h5-32,47H,1-4H3. The summed E-state index contributed by atoms with van der Waals surface area (Å²) in [5.74, 6) is 0.105. The van der Waals surface area contributed by atoms with Gasteiger partial charge in [0, 0.05) is 46.8 Å². The lowest BCUT2D eigenvalue weighted by Crippen LogP contribution is -2.17. The lowest BCUT2D eigenvalue weighted by Gasteiger charge is -2.29. The van der Waals surface area contributed by atoms with E-state index in [0.717, 1.165) is 34.9 Å². The van der Waals surface area contributed by atoms with Crippen molar-refractivity contribution in [2.24, 2.45) is 0 Å². The number of aryl methyl sites for hydroxylation is 1. The molecule has 0 spiro atoms. The second kappa shape index (κ2) is 13.7. The van der Waals surface area contributed by atoms with Gasteiger partial charge in [0.25, 0.3) is 0 Å². The zero-order valence-corrected chi connectivity index (χ0v) is 30.8. The Morgan fingerprint density at radius 1 is 0.481 bits per heavy atom. The molecule has 0 heterocycles. The molecule has 5 heteroatoms. The van der Waals surface area contributed by atoms with Gasteiger partial charge in [0.2, 0.25) is 0 Å². The summed E-state index contributed by atoms with van der Waals surface area (Å²) in [6.45, 7) is 6.62. The van der Waals surface area contributed by atoms with Crippen molar-refractivity contribution in [2.75, 3.05) is 16.8 Å². The van der Waals surface area contributed by atoms with Crippen LogP contribution in [0, 0.1) is 6.92 Å². The smallest absolute Gasteiger partial charge is 0.345 e. The predicted molar refractivity (Wildman–Crippen MR) is 217 cm³/mol. The van der Waals surface area contributed by atoms with Crippen molar-refractivity contribution < 1.29 is 13.2 Å². The maximum Gasteiger partial charge on any atom is 0.416 e. The fourth-order valence-corrected chi connectivity index (χ4v) is 7.91. The molecule has 54 heavy (non-hydrogen) atoms. The van der Waals surface area contributed by atoms with Crippen LogP contribution in [-0.4, -0.2) is 7.05 Å². The van der Waals surface area contributed by atoms with Gasteiger partial charge in [0.1, 0.15) is 0 Å². The Hall–Kier alpha value is -6.07. The molecule has 0 N–H and O–H groups in total. The van der Waals surface area contributed by atoms with Crippen LogP contribution in [0.4, 0.5) is 41.6 Å². The van der Waals surface area contributed by atoms with Crippen LogP contribution in [0.2, 0.25) is 0 Å². The molecule has 0 saturated carbocycles. The molecule has 1 aliphatic carbocycles. The van der Waals surface area contributed by atoms with E-state index < -0.39 is 11.7 Å². The van der Waals surface area contributed by atoms with Crippen LogP contribution in [0.5, 0.6) is 0 Å². The number of nitrogens with zero attached hydrogens (tertiary/aromatic N) is 2. The van der Waals surface area contributed by atoms with Gasteiger partial charge in [0.05, 0.1) is 5.56 Å². The van der Waals surface area contributed by atoms with Crippen molar-refractivity contribution >= 4 is 28.4 Å². The molecule has 0 bridgehead atoms. The van der Waals surface area contributed by atoms with Gasteiger partial charge in [-0.2, -0.15) is 13.2 Å². The minimum atomic E-state index is -4.37. The fourth-order valence-electron chi connectivity index (χ4n) is 7.91. The van der Waals surface area contributed by atoms with Crippen LogP contribution in [0.15, 0.2) is 170 Å². The molecule has 0 fully saturated rings. The molecule has 0 saturated heterocycles. The van der Waals surface area contributed by atoms with E-state index in [2.05, 4.69) is 159 Å². The average molecular weight is 715 g/mol. The van der Waals surface area contributed by atoms with Gasteiger partial charge in [-0.1, -0.05) is 116 Å². The summed E-state index contributed by atoms with van der Waals surface area (Å²) in [6, 6.07) is 57.4. The second-order valence-electron chi connectivity index (χ2n) is 14.7. The highest BCUT2D eigenvalue weighted by Gasteiger charge is 2.37. The van der Waals surface area contributed by atoms with Gasteiger partial charge < -0.3 is 9.80 Å². The summed E-state index contributed by atoms with van der Waals surface area (Å²) in [5.41, 5.74) is 13.6. The minimum Gasteiger partial charge on any atom is -0.345 e. The Kier molecular flexibility index (Phi) is 8.89. The van der Waals surface area contributed by atoms with E-state index in [1.165, 1.54) is 56.6 Å². The maximum atomic E-state index is 13.2. The third-order valence-corrected chi connectivity index (χ3v) is 10.9. The number of benzene rings is 7. The molecule has 268 valence electrons. The van der Waals surface area contributed by atoms with Gasteiger partial charge in [-0.05, 0) is 119 Å². The summed E-state index contributed by atoms with van der Waals surface area (Å²) < 4.78 is 39.7. The van der Waals surface area contributed by atoms with Crippen LogP contribution >= 0.6 is 0 Å². The third kappa shape index (κ3) is 6.45. The Balaban J connectivity index is 1.15. The number of rotatable bonds is 8. The Bertz CT molecular complexity index is 2400. The molecule has 7 aromatic rings. The van der Waals surface area contributed by atoms with Crippen LogP contribution < -0.4 is 9.80 Å². The zero-order valence-electron chi connectivity index (χ0n) is 30.8. The van der Waals surface area contributed by atoms with Crippen molar-refractivity contribution in [1.29, 1.82) is 0 Å². The first-order valence-corrected chi connectivity index (χ1v) is 18.3. The van der Waals surface area contributed by atoms with Crippen LogP contribution in [0.3, 0.4) is 0 Å². The number of hydrogen-bond acceptors (Lipinski definition) is 2. The first-order chi connectivity index (χ1) is 26.0. The Labute approximate surface area is 315 Å². The van der Waals surface area contributed by atoms with E-state index in [0.29, 0.717) is 5.69 Å². The quantitative estimate of drug-likeness (QED) is 0.145. The van der Waals surface area contributed by atoms with Crippen molar-refractivity contribution in [3.8, 4) is 11.1 Å². The molecular weight excluding hydrogens is 674 g/mol. The van der Waals surface area contributed by atoms with Crippen molar-refractivity contribution in [2.45, 2.75) is 38.3 Å². The van der Waals surface area contributed by atoms with Gasteiger partial charge in [-0.15, -0.1) is 0 Å². The van der Waals surface area contributed by atoms with E-state index in [1.54, 1.807) is 0 Å². The number of alkyl halides is 3. The molecule has 1 unspecified atom stereocenters. The molecule has 0 aliphatic heterocycles. The van der Waals surface area contributed by atoms with E-state index in [9.17, 15) is 13.2 Å². The molecule has 8 rings (SSSR count). The van der Waals surface area contributed by atoms with Crippen LogP contribution in [-0.2, 0) is 11.6 Å². The number of hydrogen-bond donors (Lipinski definition) is 0. The highest BCUT2D eigenvalue weighted by atomic mass is 19.4. The zero-order chi connectivity index (χ0) is 37.6. The van der Waals surface area contributed by atoms with Gasteiger partial charge >= 0.3 is 6.18 Å². The fraction of sp³-hybridized carbons (Fsp3) is 0.143. The molecule has 1 aliphatic rings. The largest absolute Gasteiger partial charge is 0.416 e. The number of para-hydroxylation sites is 1. The SMILES string of the molecule is Cc1ccc(C(c2ccccc2)c2ccc(N(c3ccccc3)c3ccc4c(c3)C(C)(C)c3cc(N(C)c5ccc(C(F)(F)F)cc5)ccc3-4)cc2)cc1. The number of fused-ring (bicyclic) bond motifs is 3. The minimum absolute atomic E-state index is 0.105. The number of halogens is 3. The predicted octanol–water partition coefficient (Wildman–Crippen LogP) is 13.7. The first-order valence-electron chi connectivity index (χ1n) is 18.3. The normalized spacial score (nSPS) is 13.5. The lowest BCUT2D eigenvalue weighted by atomic mass is 9.82. The summed E-state index contributed by atoms with van der Waals surface area (Å²) in [4.78, 5) is 4.25. The second-order valence-corrected chi connectivity index (χ2v) is 14.7. The Morgan fingerprint density at radius 2 is 0.926 bits per heavy atom. The molecule has 7 aromatic carbocycles. The maximum absolute atomic E-state index is 13.2. The monoisotopic (exact) mass is 714 g/mol. The van der Waals surface area contributed by atoms with E-state index in [-0.39, 0.29) is 11.3 Å². The lowest BCUT2D eigenvalue weighted by molar-refractivity contribution is -0.137. The van der Waals surface area contributed by atoms with Crippen molar-refractivity contribution in [3.05, 3.63) is 209 Å². The van der Waals surface area contributed by atoms with E-state index >= 15 is 0 Å². The first kappa shape index (κ1) is 35.0. The van der Waals surface area contributed by atoms with Crippen LogP contribution in [0.25, 0.3) is 11.1 Å². The van der Waals surface area contributed by atoms with Crippen molar-refractivity contribution in [1.82, 2.24) is 0 Å². The average Bonchev–Trinajstić information content (AvgIpc) is 3.41. The van der Waals surface area contributed by atoms with Crippen molar-refractivity contribution in [3.63, 3.8) is 0 Å². The summed E-state index contributed by atoms with van der Waals surface area (Å²) in [6.07, 6.45) is -4.37. The summed E-state index contributed by atoms with van der Waals surface area (Å²) in [5, 5.41) is 0. The third-order valence-electron chi connectivity index (χ3n) is 10.9.